The number of nitriles is 1. The third-order valence-corrected chi connectivity index (χ3v) is 2.45. The minimum absolute atomic E-state index is 0.320. The van der Waals surface area contributed by atoms with E-state index >= 15 is 0 Å². The Kier molecular flexibility index (Phi) is 3.86. The predicted octanol–water partition coefficient (Wildman–Crippen LogP) is 1.79. The lowest BCUT2D eigenvalue weighted by atomic mass is 10.2. The van der Waals surface area contributed by atoms with E-state index in [9.17, 15) is 4.39 Å². The zero-order valence-corrected chi connectivity index (χ0v) is 9.67. The van der Waals surface area contributed by atoms with Crippen molar-refractivity contribution in [3.63, 3.8) is 0 Å². The van der Waals surface area contributed by atoms with E-state index in [0.29, 0.717) is 17.8 Å². The third kappa shape index (κ3) is 3.04. The van der Waals surface area contributed by atoms with Gasteiger partial charge in [0.2, 0.25) is 0 Å². The van der Waals surface area contributed by atoms with E-state index in [2.05, 4.69) is 15.6 Å². The smallest absolute Gasteiger partial charge is 0.147 e. The molecule has 0 saturated heterocycles. The van der Waals surface area contributed by atoms with E-state index in [1.54, 1.807) is 29.2 Å². The van der Waals surface area contributed by atoms with Gasteiger partial charge in [0.1, 0.15) is 5.82 Å². The maximum Gasteiger partial charge on any atom is 0.147 e. The summed E-state index contributed by atoms with van der Waals surface area (Å²) in [5.41, 5.74) is 0.730. The first kappa shape index (κ1) is 12.0. The highest BCUT2D eigenvalue weighted by atomic mass is 19.1. The predicted molar refractivity (Wildman–Crippen MR) is 64.2 cm³/mol. The maximum absolute atomic E-state index is 13.5. The average molecular weight is 245 g/mol. The van der Waals surface area contributed by atoms with Crippen molar-refractivity contribution in [1.29, 1.82) is 5.26 Å². The molecule has 1 N–H and O–H groups in total. The van der Waals surface area contributed by atoms with Crippen molar-refractivity contribution in [1.82, 2.24) is 15.0 Å². The van der Waals surface area contributed by atoms with E-state index in [1.807, 2.05) is 6.07 Å². The molecule has 0 aliphatic carbocycles. The summed E-state index contributed by atoms with van der Waals surface area (Å²) in [6.07, 6.45) is 4.21. The molecule has 6 heteroatoms. The highest BCUT2D eigenvalue weighted by molar-refractivity contribution is 5.48. The number of aromatic nitrogens is 3. The van der Waals surface area contributed by atoms with Crippen molar-refractivity contribution >= 4 is 5.69 Å². The SMILES string of the molecule is N#Cc1ccc(NCCCn2ccnn2)c(F)c1. The minimum Gasteiger partial charge on any atom is -0.383 e. The molecule has 1 aromatic carbocycles. The topological polar surface area (TPSA) is 66.5 Å². The largest absolute Gasteiger partial charge is 0.383 e. The number of aryl methyl sites for hydroxylation is 1. The summed E-state index contributed by atoms with van der Waals surface area (Å²) < 4.78 is 15.2. The third-order valence-electron chi connectivity index (χ3n) is 2.45. The van der Waals surface area contributed by atoms with Crippen LogP contribution in [-0.2, 0) is 6.54 Å². The fourth-order valence-electron chi connectivity index (χ4n) is 1.54. The molecule has 1 heterocycles. The number of anilines is 1. The van der Waals surface area contributed by atoms with Crippen molar-refractivity contribution in [3.8, 4) is 6.07 Å². The average Bonchev–Trinajstić information content (AvgIpc) is 2.89. The van der Waals surface area contributed by atoms with Crippen LogP contribution in [0.1, 0.15) is 12.0 Å². The second kappa shape index (κ2) is 5.77. The van der Waals surface area contributed by atoms with Crippen molar-refractivity contribution in [2.45, 2.75) is 13.0 Å². The van der Waals surface area contributed by atoms with Gasteiger partial charge in [-0.25, -0.2) is 4.39 Å². The van der Waals surface area contributed by atoms with Crippen LogP contribution < -0.4 is 5.32 Å². The molecule has 0 radical (unpaired) electrons. The molecule has 18 heavy (non-hydrogen) atoms. The van der Waals surface area contributed by atoms with Crippen LogP contribution in [0.3, 0.4) is 0 Å². The van der Waals surface area contributed by atoms with Crippen molar-refractivity contribution in [2.75, 3.05) is 11.9 Å². The molecule has 92 valence electrons. The minimum atomic E-state index is -0.408. The molecule has 2 rings (SSSR count). The Labute approximate surface area is 104 Å². The van der Waals surface area contributed by atoms with Gasteiger partial charge in [-0.2, -0.15) is 5.26 Å². The first-order valence-electron chi connectivity index (χ1n) is 5.57. The standard InChI is InChI=1S/C12H12FN5/c13-11-8-10(9-14)2-3-12(11)15-4-1-6-18-7-5-16-17-18/h2-3,5,7-8,15H,1,4,6H2. The summed E-state index contributed by atoms with van der Waals surface area (Å²) in [5.74, 6) is -0.408. The highest BCUT2D eigenvalue weighted by Crippen LogP contribution is 2.15. The van der Waals surface area contributed by atoms with Crippen molar-refractivity contribution < 1.29 is 4.39 Å². The number of hydrogen-bond donors (Lipinski definition) is 1. The number of halogens is 1. The quantitative estimate of drug-likeness (QED) is 0.815. The molecule has 0 unspecified atom stereocenters. The number of hydrogen-bond acceptors (Lipinski definition) is 4. The Balaban J connectivity index is 1.82. The lowest BCUT2D eigenvalue weighted by Gasteiger charge is -2.07. The van der Waals surface area contributed by atoms with Gasteiger partial charge in [0.05, 0.1) is 23.5 Å². The molecule has 0 bridgehead atoms. The molecule has 0 aliphatic rings. The van der Waals surface area contributed by atoms with Gasteiger partial charge < -0.3 is 5.32 Å². The van der Waals surface area contributed by atoms with Crippen LogP contribution in [0.2, 0.25) is 0 Å². The van der Waals surface area contributed by atoms with Gasteiger partial charge in [-0.1, -0.05) is 5.21 Å². The molecule has 2 aromatic rings. The van der Waals surface area contributed by atoms with Crippen LogP contribution in [-0.4, -0.2) is 21.5 Å². The van der Waals surface area contributed by atoms with E-state index < -0.39 is 5.82 Å². The molecule has 1 aromatic heterocycles. The lowest BCUT2D eigenvalue weighted by Crippen LogP contribution is -2.08. The van der Waals surface area contributed by atoms with Crippen LogP contribution in [0.15, 0.2) is 30.6 Å². The second-order valence-corrected chi connectivity index (χ2v) is 3.75. The first-order chi connectivity index (χ1) is 8.79. The number of nitrogens with zero attached hydrogens (tertiary/aromatic N) is 4. The molecule has 0 saturated carbocycles. The molecule has 0 fully saturated rings. The number of rotatable bonds is 5. The Bertz CT molecular complexity index is 544. The Hall–Kier alpha value is -2.42. The van der Waals surface area contributed by atoms with Gasteiger partial charge in [-0.15, -0.1) is 5.10 Å². The fourth-order valence-corrected chi connectivity index (χ4v) is 1.54. The van der Waals surface area contributed by atoms with Gasteiger partial charge in [-0.05, 0) is 24.6 Å². The van der Waals surface area contributed by atoms with Crippen molar-refractivity contribution in [3.05, 3.63) is 42.0 Å². The number of nitrogens with one attached hydrogen (secondary N) is 1. The summed E-state index contributed by atoms with van der Waals surface area (Å²) in [6.45, 7) is 1.35. The Morgan fingerprint density at radius 1 is 1.44 bits per heavy atom. The summed E-state index contributed by atoms with van der Waals surface area (Å²) in [4.78, 5) is 0. The van der Waals surface area contributed by atoms with Crippen LogP contribution in [0, 0.1) is 17.1 Å². The van der Waals surface area contributed by atoms with E-state index in [0.717, 1.165) is 13.0 Å². The summed E-state index contributed by atoms with van der Waals surface area (Å²) in [5, 5.41) is 19.1. The second-order valence-electron chi connectivity index (χ2n) is 3.75. The van der Waals surface area contributed by atoms with E-state index in [-0.39, 0.29) is 0 Å². The highest BCUT2D eigenvalue weighted by Gasteiger charge is 2.02. The molecule has 0 aliphatic heterocycles. The number of benzene rings is 1. The summed E-state index contributed by atoms with van der Waals surface area (Å²) in [7, 11) is 0. The zero-order chi connectivity index (χ0) is 12.8. The summed E-state index contributed by atoms with van der Waals surface area (Å²) >= 11 is 0. The molecule has 5 nitrogen and oxygen atoms in total. The van der Waals surface area contributed by atoms with Crippen LogP contribution in [0.25, 0.3) is 0 Å². The lowest BCUT2D eigenvalue weighted by molar-refractivity contribution is 0.568. The van der Waals surface area contributed by atoms with Crippen LogP contribution in [0.5, 0.6) is 0 Å². The molecular formula is C12H12FN5. The monoisotopic (exact) mass is 245 g/mol. The van der Waals surface area contributed by atoms with Gasteiger partial charge >= 0.3 is 0 Å². The molecular weight excluding hydrogens is 233 g/mol. The Morgan fingerprint density at radius 2 is 2.33 bits per heavy atom. The van der Waals surface area contributed by atoms with Crippen LogP contribution >= 0.6 is 0 Å². The van der Waals surface area contributed by atoms with Gasteiger partial charge in [0.15, 0.2) is 0 Å². The first-order valence-corrected chi connectivity index (χ1v) is 5.57. The van der Waals surface area contributed by atoms with E-state index in [4.69, 9.17) is 5.26 Å². The maximum atomic E-state index is 13.5. The van der Waals surface area contributed by atoms with E-state index in [1.165, 1.54) is 6.07 Å². The molecule has 0 spiro atoms. The fraction of sp³-hybridized carbons (Fsp3) is 0.250. The van der Waals surface area contributed by atoms with Gasteiger partial charge in [-0.3, -0.25) is 4.68 Å². The van der Waals surface area contributed by atoms with Gasteiger partial charge in [0.25, 0.3) is 0 Å². The molecule has 0 atom stereocenters. The zero-order valence-electron chi connectivity index (χ0n) is 9.67. The van der Waals surface area contributed by atoms with Crippen LogP contribution in [0.4, 0.5) is 10.1 Å². The Morgan fingerprint density at radius 3 is 3.00 bits per heavy atom. The summed E-state index contributed by atoms with van der Waals surface area (Å²) in [6, 6.07) is 6.28. The normalized spacial score (nSPS) is 10.0. The van der Waals surface area contributed by atoms with Crippen molar-refractivity contribution in [2.24, 2.45) is 0 Å². The molecule has 0 amide bonds. The van der Waals surface area contributed by atoms with Gasteiger partial charge in [0, 0.05) is 19.3 Å².